The maximum Gasteiger partial charge on any atom is 0.251 e. The lowest BCUT2D eigenvalue weighted by Gasteiger charge is -2.06. The Hall–Kier alpha value is -3.18. The molecular weight excluding hydrogens is 354 g/mol. The fraction of sp³-hybridized carbons (Fsp3) is 0.0909. The highest BCUT2D eigenvalue weighted by Gasteiger charge is 2.08. The normalized spacial score (nSPS) is 10.7. The number of carbonyl (C=O) groups is 1. The first-order valence-electron chi connectivity index (χ1n) is 8.77. The number of aromatic nitrogens is 2. The van der Waals surface area contributed by atoms with Gasteiger partial charge in [0.05, 0.1) is 17.2 Å². The molecule has 4 nitrogen and oxygen atoms in total. The molecular formula is C22H19N3OS. The van der Waals surface area contributed by atoms with E-state index in [2.05, 4.69) is 22.4 Å². The Balaban J connectivity index is 1.34. The molecule has 0 spiro atoms. The highest BCUT2D eigenvalue weighted by molar-refractivity contribution is 7.09. The Bertz CT molecular complexity index is 1010. The van der Waals surface area contributed by atoms with Crippen molar-refractivity contribution in [2.45, 2.75) is 13.0 Å². The summed E-state index contributed by atoms with van der Waals surface area (Å²) < 4.78 is 2.01. The molecule has 0 radical (unpaired) electrons. The number of nitrogens with zero attached hydrogens (tertiary/aromatic N) is 2. The number of rotatable bonds is 6. The first-order chi connectivity index (χ1) is 13.3. The lowest BCUT2D eigenvalue weighted by molar-refractivity contribution is 0.0950. The molecule has 0 saturated heterocycles. The number of benzene rings is 2. The molecule has 2 aromatic heterocycles. The predicted molar refractivity (Wildman–Crippen MR) is 108 cm³/mol. The van der Waals surface area contributed by atoms with Gasteiger partial charge in [0.15, 0.2) is 0 Å². The van der Waals surface area contributed by atoms with E-state index in [1.807, 2.05) is 76.9 Å². The molecule has 5 heteroatoms. The van der Waals surface area contributed by atoms with Gasteiger partial charge in [-0.15, -0.1) is 11.3 Å². The van der Waals surface area contributed by atoms with Crippen LogP contribution in [0.2, 0.25) is 0 Å². The minimum Gasteiger partial charge on any atom is -0.346 e. The molecule has 0 fully saturated rings. The summed E-state index contributed by atoms with van der Waals surface area (Å²) in [4.78, 5) is 17.0. The van der Waals surface area contributed by atoms with Crippen LogP contribution in [0, 0.1) is 0 Å². The Morgan fingerprint density at radius 3 is 2.44 bits per heavy atom. The molecule has 4 aromatic rings. The van der Waals surface area contributed by atoms with Crippen molar-refractivity contribution in [2.75, 3.05) is 0 Å². The Morgan fingerprint density at radius 1 is 0.963 bits per heavy atom. The van der Waals surface area contributed by atoms with Gasteiger partial charge in [-0.25, -0.2) is 4.98 Å². The number of hydrogen-bond acceptors (Lipinski definition) is 3. The molecule has 0 aliphatic carbocycles. The van der Waals surface area contributed by atoms with E-state index in [9.17, 15) is 4.79 Å². The van der Waals surface area contributed by atoms with Gasteiger partial charge in [-0.2, -0.15) is 0 Å². The van der Waals surface area contributed by atoms with Gasteiger partial charge in [0.2, 0.25) is 0 Å². The SMILES string of the molecule is O=C(NCc1csc(Cc2ccccc2)n1)c1ccc(-n2cccc2)cc1. The quantitative estimate of drug-likeness (QED) is 0.543. The first kappa shape index (κ1) is 17.2. The summed E-state index contributed by atoms with van der Waals surface area (Å²) in [6.07, 6.45) is 4.77. The van der Waals surface area contributed by atoms with Crippen LogP contribution in [-0.2, 0) is 13.0 Å². The van der Waals surface area contributed by atoms with Gasteiger partial charge >= 0.3 is 0 Å². The molecule has 4 rings (SSSR count). The summed E-state index contributed by atoms with van der Waals surface area (Å²) in [5, 5.41) is 6.01. The van der Waals surface area contributed by atoms with Gasteiger partial charge in [0.1, 0.15) is 0 Å². The van der Waals surface area contributed by atoms with E-state index in [0.29, 0.717) is 12.1 Å². The average molecular weight is 373 g/mol. The number of carbonyl (C=O) groups excluding carboxylic acids is 1. The van der Waals surface area contributed by atoms with Gasteiger partial charge in [-0.1, -0.05) is 30.3 Å². The van der Waals surface area contributed by atoms with Crippen LogP contribution in [-0.4, -0.2) is 15.5 Å². The van der Waals surface area contributed by atoms with Crippen molar-refractivity contribution < 1.29 is 4.79 Å². The average Bonchev–Trinajstić information content (AvgIpc) is 3.39. The molecule has 2 aromatic carbocycles. The zero-order valence-corrected chi connectivity index (χ0v) is 15.5. The van der Waals surface area contributed by atoms with Gasteiger partial charge in [-0.3, -0.25) is 4.79 Å². The molecule has 134 valence electrons. The lowest BCUT2D eigenvalue weighted by Crippen LogP contribution is -2.22. The monoisotopic (exact) mass is 373 g/mol. The van der Waals surface area contributed by atoms with Crippen LogP contribution in [0.1, 0.15) is 26.6 Å². The minimum absolute atomic E-state index is 0.0911. The van der Waals surface area contributed by atoms with Gasteiger partial charge in [-0.05, 0) is 42.0 Å². The first-order valence-corrected chi connectivity index (χ1v) is 9.65. The third kappa shape index (κ3) is 4.33. The zero-order chi connectivity index (χ0) is 18.5. The Labute approximate surface area is 162 Å². The molecule has 0 saturated carbocycles. The molecule has 0 atom stereocenters. The van der Waals surface area contributed by atoms with Crippen LogP contribution in [0.5, 0.6) is 0 Å². The van der Waals surface area contributed by atoms with Crippen LogP contribution < -0.4 is 5.32 Å². The molecule has 0 bridgehead atoms. The van der Waals surface area contributed by atoms with Crippen molar-refractivity contribution in [2.24, 2.45) is 0 Å². The van der Waals surface area contributed by atoms with Gasteiger partial charge in [0, 0.05) is 35.4 Å². The fourth-order valence-corrected chi connectivity index (χ4v) is 3.67. The molecule has 1 amide bonds. The van der Waals surface area contributed by atoms with Crippen molar-refractivity contribution in [3.63, 3.8) is 0 Å². The number of thiazole rings is 1. The Morgan fingerprint density at radius 2 is 1.70 bits per heavy atom. The third-order valence-corrected chi connectivity index (χ3v) is 5.16. The maximum absolute atomic E-state index is 12.4. The van der Waals surface area contributed by atoms with E-state index in [1.54, 1.807) is 11.3 Å². The summed E-state index contributed by atoms with van der Waals surface area (Å²) >= 11 is 1.63. The summed E-state index contributed by atoms with van der Waals surface area (Å²) in [5.41, 5.74) is 3.81. The number of amides is 1. The van der Waals surface area contributed by atoms with Crippen LogP contribution in [0.15, 0.2) is 84.5 Å². The lowest BCUT2D eigenvalue weighted by atomic mass is 10.2. The van der Waals surface area contributed by atoms with E-state index >= 15 is 0 Å². The van der Waals surface area contributed by atoms with Crippen LogP contribution in [0.25, 0.3) is 5.69 Å². The van der Waals surface area contributed by atoms with Gasteiger partial charge in [0.25, 0.3) is 5.91 Å². The summed E-state index contributed by atoms with van der Waals surface area (Å²) in [6, 6.07) is 21.8. The topological polar surface area (TPSA) is 46.9 Å². The van der Waals surface area contributed by atoms with Crippen molar-refractivity contribution >= 4 is 17.2 Å². The highest BCUT2D eigenvalue weighted by Crippen LogP contribution is 2.15. The smallest absolute Gasteiger partial charge is 0.251 e. The van der Waals surface area contributed by atoms with E-state index in [1.165, 1.54) is 5.56 Å². The molecule has 0 aliphatic heterocycles. The maximum atomic E-state index is 12.4. The molecule has 0 unspecified atom stereocenters. The van der Waals surface area contributed by atoms with E-state index < -0.39 is 0 Å². The molecule has 2 heterocycles. The minimum atomic E-state index is -0.0911. The van der Waals surface area contributed by atoms with E-state index in [0.717, 1.165) is 22.8 Å². The highest BCUT2D eigenvalue weighted by atomic mass is 32.1. The van der Waals surface area contributed by atoms with E-state index in [-0.39, 0.29) is 5.91 Å². The van der Waals surface area contributed by atoms with Crippen LogP contribution >= 0.6 is 11.3 Å². The van der Waals surface area contributed by atoms with Crippen LogP contribution in [0.3, 0.4) is 0 Å². The zero-order valence-electron chi connectivity index (χ0n) is 14.7. The third-order valence-electron chi connectivity index (χ3n) is 4.26. The second-order valence-corrected chi connectivity index (χ2v) is 7.16. The largest absolute Gasteiger partial charge is 0.346 e. The molecule has 0 aliphatic rings. The number of nitrogens with one attached hydrogen (secondary N) is 1. The summed E-state index contributed by atoms with van der Waals surface area (Å²) in [5.74, 6) is -0.0911. The molecule has 27 heavy (non-hydrogen) atoms. The van der Waals surface area contributed by atoms with Crippen molar-refractivity contribution in [3.8, 4) is 5.69 Å². The second kappa shape index (κ2) is 8.01. The standard InChI is InChI=1S/C22H19N3OS/c26-22(18-8-10-20(11-9-18)25-12-4-5-13-25)23-15-19-16-27-21(24-19)14-17-6-2-1-3-7-17/h1-13,16H,14-15H2,(H,23,26). The van der Waals surface area contributed by atoms with Crippen molar-refractivity contribution in [3.05, 3.63) is 106 Å². The van der Waals surface area contributed by atoms with E-state index in [4.69, 9.17) is 0 Å². The van der Waals surface area contributed by atoms with Crippen LogP contribution in [0.4, 0.5) is 0 Å². The summed E-state index contributed by atoms with van der Waals surface area (Å²) in [7, 11) is 0. The number of hydrogen-bond donors (Lipinski definition) is 1. The Kier molecular flexibility index (Phi) is 5.12. The fourth-order valence-electron chi connectivity index (χ4n) is 2.85. The van der Waals surface area contributed by atoms with Gasteiger partial charge < -0.3 is 9.88 Å². The van der Waals surface area contributed by atoms with Crippen molar-refractivity contribution in [1.29, 1.82) is 0 Å². The second-order valence-electron chi connectivity index (χ2n) is 6.21. The summed E-state index contributed by atoms with van der Waals surface area (Å²) in [6.45, 7) is 0.434. The predicted octanol–water partition coefficient (Wildman–Crippen LogP) is 4.45. The van der Waals surface area contributed by atoms with Crippen molar-refractivity contribution in [1.82, 2.24) is 14.9 Å². The molecule has 1 N–H and O–H groups in total.